The summed E-state index contributed by atoms with van der Waals surface area (Å²) in [6.45, 7) is 0.166. The molecule has 0 spiro atoms. The molecule has 0 bridgehead atoms. The number of nitrogens with two attached hydrogens (primary N) is 2. The second-order valence-corrected chi connectivity index (χ2v) is 10.3. The maximum atomic E-state index is 12.8. The van der Waals surface area contributed by atoms with Crippen molar-refractivity contribution in [1.82, 2.24) is 25.9 Å². The molecule has 3 aromatic rings. The first-order chi connectivity index (χ1) is 14.6. The molecular formula is C17H17N7O5S2. The number of nitrogens with zero attached hydrogens (tertiary/aromatic N) is 3. The van der Waals surface area contributed by atoms with E-state index >= 15 is 0 Å². The Morgan fingerprint density at radius 3 is 2.48 bits per heavy atom. The fourth-order valence-corrected chi connectivity index (χ4v) is 6.24. The van der Waals surface area contributed by atoms with Gasteiger partial charge in [0.25, 0.3) is 5.91 Å². The first-order valence-corrected chi connectivity index (χ1v) is 12.1. The predicted molar refractivity (Wildman–Crippen MR) is 109 cm³/mol. The van der Waals surface area contributed by atoms with Gasteiger partial charge in [0.05, 0.1) is 10.6 Å². The Morgan fingerprint density at radius 2 is 1.84 bits per heavy atom. The number of tetrazole rings is 1. The third-order valence-electron chi connectivity index (χ3n) is 4.81. The third kappa shape index (κ3) is 3.69. The van der Waals surface area contributed by atoms with Crippen molar-refractivity contribution in [3.8, 4) is 22.5 Å². The number of amides is 1. The fourth-order valence-electron chi connectivity index (χ4n) is 3.48. The monoisotopic (exact) mass is 463 g/mol. The highest BCUT2D eigenvalue weighted by molar-refractivity contribution is 7.93. The van der Waals surface area contributed by atoms with Crippen molar-refractivity contribution in [3.05, 3.63) is 41.5 Å². The molecule has 0 radical (unpaired) electrons. The summed E-state index contributed by atoms with van der Waals surface area (Å²) in [6, 6.07) is 7.57. The molecular weight excluding hydrogens is 446 g/mol. The zero-order chi connectivity index (χ0) is 22.4. The Kier molecular flexibility index (Phi) is 5.09. The first-order valence-electron chi connectivity index (χ1n) is 8.91. The average molecular weight is 464 g/mol. The number of H-pyrrole nitrogens is 1. The van der Waals surface area contributed by atoms with Gasteiger partial charge in [-0.05, 0) is 39.2 Å². The van der Waals surface area contributed by atoms with Gasteiger partial charge < -0.3 is 11.1 Å². The highest BCUT2D eigenvalue weighted by Gasteiger charge is 2.32. The highest BCUT2D eigenvalue weighted by atomic mass is 32.2. The van der Waals surface area contributed by atoms with Gasteiger partial charge in [0.2, 0.25) is 10.0 Å². The van der Waals surface area contributed by atoms with Gasteiger partial charge in [0.15, 0.2) is 15.7 Å². The quantitative estimate of drug-likeness (QED) is 0.359. The molecule has 1 aliphatic heterocycles. The number of nitrogens with one attached hydrogen (secondary N) is 2. The molecule has 31 heavy (non-hydrogen) atoms. The van der Waals surface area contributed by atoms with Crippen LogP contribution in [0.25, 0.3) is 22.5 Å². The van der Waals surface area contributed by atoms with Crippen LogP contribution in [0.3, 0.4) is 0 Å². The number of hydrogen-bond acceptors (Lipinski definition) is 9. The number of primary sulfonamides is 1. The summed E-state index contributed by atoms with van der Waals surface area (Å²) in [4.78, 5) is 10.9. The number of fused-ring (bicyclic) bond motifs is 1. The second kappa shape index (κ2) is 7.49. The van der Waals surface area contributed by atoms with E-state index in [1.807, 2.05) is 0 Å². The number of aromatic amines is 1. The Balaban J connectivity index is 2.09. The predicted octanol–water partition coefficient (Wildman–Crippen LogP) is -0.843. The molecule has 4 rings (SSSR count). The number of rotatable bonds is 6. The lowest BCUT2D eigenvalue weighted by molar-refractivity contribution is 0.0965. The van der Waals surface area contributed by atoms with E-state index in [4.69, 9.17) is 10.9 Å². The van der Waals surface area contributed by atoms with Crippen LogP contribution in [0, 0.1) is 0 Å². The summed E-state index contributed by atoms with van der Waals surface area (Å²) >= 11 is 0. The third-order valence-corrected chi connectivity index (χ3v) is 7.72. The van der Waals surface area contributed by atoms with Gasteiger partial charge in [-0.1, -0.05) is 18.2 Å². The molecule has 1 aromatic heterocycles. The Hall–Kier alpha value is -3.20. The van der Waals surface area contributed by atoms with Crippen molar-refractivity contribution in [1.29, 1.82) is 0 Å². The molecule has 1 aliphatic rings. The standard InChI is InChI=1S/C17H17N7O5S2/c18-5-6-30(26,27)13-4-3-11(9-1-2-10-8-20-17(25)12(10)7-9)14(15(13)31(19,28)29)16-21-23-24-22-16/h1-4,7H,5-6,8,18H2,(H,20,25)(H2,19,28,29)(H,21,22,23,24). The van der Waals surface area contributed by atoms with Crippen LogP contribution >= 0.6 is 0 Å². The number of carbonyl (C=O) groups excluding carboxylic acids is 1. The molecule has 2 aromatic carbocycles. The summed E-state index contributed by atoms with van der Waals surface area (Å²) in [7, 11) is -8.64. The molecule has 14 heteroatoms. The van der Waals surface area contributed by atoms with E-state index in [2.05, 4.69) is 25.9 Å². The normalized spacial score (nSPS) is 13.8. The summed E-state index contributed by atoms with van der Waals surface area (Å²) in [5.41, 5.74) is 7.21. The summed E-state index contributed by atoms with van der Waals surface area (Å²) in [6.07, 6.45) is 0. The van der Waals surface area contributed by atoms with E-state index in [0.29, 0.717) is 17.7 Å². The molecule has 0 aliphatic carbocycles. The van der Waals surface area contributed by atoms with Crippen LogP contribution in [0.4, 0.5) is 0 Å². The molecule has 2 heterocycles. The van der Waals surface area contributed by atoms with Crippen LogP contribution in [0.5, 0.6) is 0 Å². The van der Waals surface area contributed by atoms with E-state index in [1.165, 1.54) is 6.07 Å². The average Bonchev–Trinajstić information content (AvgIpc) is 3.36. The number of aromatic nitrogens is 4. The Bertz CT molecular complexity index is 1400. The number of hydrogen-bond donors (Lipinski definition) is 4. The summed E-state index contributed by atoms with van der Waals surface area (Å²) < 4.78 is 50.7. The van der Waals surface area contributed by atoms with Gasteiger partial charge in [-0.25, -0.2) is 27.1 Å². The highest BCUT2D eigenvalue weighted by Crippen LogP contribution is 2.39. The maximum absolute atomic E-state index is 12.8. The van der Waals surface area contributed by atoms with Crippen molar-refractivity contribution in [2.45, 2.75) is 16.3 Å². The van der Waals surface area contributed by atoms with Crippen LogP contribution in [0.2, 0.25) is 0 Å². The van der Waals surface area contributed by atoms with Crippen LogP contribution in [-0.4, -0.2) is 55.7 Å². The number of sulfonamides is 1. The minimum atomic E-state index is -4.56. The molecule has 12 nitrogen and oxygen atoms in total. The number of sulfone groups is 1. The molecule has 6 N–H and O–H groups in total. The van der Waals surface area contributed by atoms with Gasteiger partial charge in [0.1, 0.15) is 4.90 Å². The molecule has 0 saturated carbocycles. The second-order valence-electron chi connectivity index (χ2n) is 6.77. The summed E-state index contributed by atoms with van der Waals surface area (Å²) in [5.74, 6) is -0.857. The lowest BCUT2D eigenvalue weighted by Gasteiger charge is -2.16. The minimum Gasteiger partial charge on any atom is -0.348 e. The van der Waals surface area contributed by atoms with Gasteiger partial charge >= 0.3 is 0 Å². The van der Waals surface area contributed by atoms with Crippen molar-refractivity contribution in [2.24, 2.45) is 10.9 Å². The van der Waals surface area contributed by atoms with Crippen molar-refractivity contribution in [2.75, 3.05) is 12.3 Å². The minimum absolute atomic E-state index is 0.103. The van der Waals surface area contributed by atoms with Crippen molar-refractivity contribution in [3.63, 3.8) is 0 Å². The molecule has 162 valence electrons. The zero-order valence-corrected chi connectivity index (χ0v) is 17.5. The van der Waals surface area contributed by atoms with E-state index in [9.17, 15) is 21.6 Å². The van der Waals surface area contributed by atoms with E-state index in [0.717, 1.165) is 11.6 Å². The Labute approximate surface area is 177 Å². The molecule has 0 saturated heterocycles. The summed E-state index contributed by atoms with van der Waals surface area (Å²) in [5, 5.41) is 21.3. The van der Waals surface area contributed by atoms with Crippen molar-refractivity contribution >= 4 is 25.8 Å². The van der Waals surface area contributed by atoms with Crippen LogP contribution in [-0.2, 0) is 26.4 Å². The first kappa shape index (κ1) is 21.0. The van der Waals surface area contributed by atoms with Gasteiger partial charge in [-0.2, -0.15) is 0 Å². The van der Waals surface area contributed by atoms with Crippen molar-refractivity contribution < 1.29 is 21.6 Å². The van der Waals surface area contributed by atoms with Gasteiger partial charge in [0, 0.05) is 24.2 Å². The molecule has 1 amide bonds. The van der Waals surface area contributed by atoms with E-state index < -0.39 is 35.4 Å². The fraction of sp³-hybridized carbons (Fsp3) is 0.176. The lowest BCUT2D eigenvalue weighted by atomic mass is 9.96. The molecule has 0 atom stereocenters. The van der Waals surface area contributed by atoms with E-state index in [-0.39, 0.29) is 29.4 Å². The Morgan fingerprint density at radius 1 is 1.06 bits per heavy atom. The van der Waals surface area contributed by atoms with Gasteiger partial charge in [-0.3, -0.25) is 4.79 Å². The zero-order valence-electron chi connectivity index (χ0n) is 15.9. The maximum Gasteiger partial charge on any atom is 0.251 e. The SMILES string of the molecule is NCCS(=O)(=O)c1ccc(-c2ccc3c(c2)C(=O)NC3)c(-c2nnn[nH]2)c1S(N)(=O)=O. The topological polar surface area (TPSA) is 204 Å². The molecule has 0 fully saturated rings. The smallest absolute Gasteiger partial charge is 0.251 e. The van der Waals surface area contributed by atoms with E-state index in [1.54, 1.807) is 18.2 Å². The number of carbonyl (C=O) groups is 1. The lowest BCUT2D eigenvalue weighted by Crippen LogP contribution is -2.22. The number of benzene rings is 2. The largest absolute Gasteiger partial charge is 0.348 e. The molecule has 0 unspecified atom stereocenters. The van der Waals surface area contributed by atoms with Gasteiger partial charge in [-0.15, -0.1) is 5.10 Å². The van der Waals surface area contributed by atoms with Crippen LogP contribution in [0.1, 0.15) is 15.9 Å². The van der Waals surface area contributed by atoms with Crippen LogP contribution in [0.15, 0.2) is 40.1 Å². The van der Waals surface area contributed by atoms with Crippen LogP contribution < -0.4 is 16.2 Å².